The maximum Gasteiger partial charge on any atom is 0.309 e. The van der Waals surface area contributed by atoms with Gasteiger partial charge in [-0.3, -0.25) is 14.4 Å². The number of aromatic amines is 1. The minimum Gasteiger partial charge on any atom is -0.469 e. The quantitative estimate of drug-likeness (QED) is 0.162. The number of carbonyl (C=O) groups is 3. The number of nitrogens with one attached hydrogen (secondary N) is 3. The molecule has 15 nitrogen and oxygen atoms in total. The molecule has 1 aliphatic heterocycles. The largest absolute Gasteiger partial charge is 0.469 e. The van der Waals surface area contributed by atoms with Crippen LogP contribution in [-0.4, -0.2) is 93.3 Å². The zero-order chi connectivity index (χ0) is 35.6. The smallest absolute Gasteiger partial charge is 0.309 e. The number of tetrazole rings is 1. The topological polar surface area (TPSA) is 193 Å². The Morgan fingerprint density at radius 3 is 2.74 bits per heavy atom. The monoisotopic (exact) mass is 700 g/mol. The van der Waals surface area contributed by atoms with Crippen molar-refractivity contribution in [3.8, 4) is 23.0 Å². The molecule has 0 aliphatic carbocycles. The molecule has 0 fully saturated rings. The van der Waals surface area contributed by atoms with Crippen molar-refractivity contribution in [1.82, 2.24) is 40.4 Å². The molecule has 3 N–H and O–H groups in total. The third-order valence-electron chi connectivity index (χ3n) is 8.27. The molecule has 3 heterocycles. The fraction of sp³-hybridized carbons (Fsp3) is 0.353. The Hall–Kier alpha value is -5.59. The summed E-state index contributed by atoms with van der Waals surface area (Å²) in [6, 6.07) is 11.4. The molecule has 0 saturated carbocycles. The number of benzene rings is 2. The van der Waals surface area contributed by atoms with Crippen molar-refractivity contribution in [1.29, 1.82) is 5.26 Å². The minimum absolute atomic E-state index is 0.0190. The highest BCUT2D eigenvalue weighted by molar-refractivity contribution is 6.30. The molecule has 2 atom stereocenters. The minimum atomic E-state index is -0.626. The number of fused-ring (bicyclic) bond motifs is 4. The van der Waals surface area contributed by atoms with E-state index in [1.54, 1.807) is 61.5 Å². The number of nitrogens with zero attached hydrogens (tertiary/aromatic N) is 7. The van der Waals surface area contributed by atoms with Crippen molar-refractivity contribution in [2.24, 2.45) is 0 Å². The summed E-state index contributed by atoms with van der Waals surface area (Å²) in [7, 11) is 4.62. The number of methoxy groups -OCH3 is 2. The molecule has 4 aromatic rings. The first-order chi connectivity index (χ1) is 24.2. The van der Waals surface area contributed by atoms with Crippen LogP contribution < -0.4 is 10.6 Å². The highest BCUT2D eigenvalue weighted by Gasteiger charge is 2.27. The van der Waals surface area contributed by atoms with Crippen LogP contribution in [0.25, 0.3) is 23.0 Å². The Balaban J connectivity index is 1.48. The standard InChI is InChI=1S/C34H37ClN10O5/c1-44(14-15-49-2)34(48)26-7-5-4-6-25(39-30(46)13-9-22-18-23(35)10-12-29(22)45-20-37-42-43-45)33-40-28(19-36)32(41-33)24-11-8-21(16-27(24)38-26)17-31(47)50-3/h8-13,16,18,20,25-26,38H,4-7,14-15,17H2,1-3H3,(H,39,46)(H,40,41)/b13-9+/t25-,26+/m0/s1. The lowest BCUT2D eigenvalue weighted by Crippen LogP contribution is -2.42. The Bertz CT molecular complexity index is 1900. The number of likely N-dealkylation sites (N-methyl/N-ethyl adjacent to an activating group) is 1. The van der Waals surface area contributed by atoms with Gasteiger partial charge in [-0.2, -0.15) is 9.94 Å². The number of anilines is 1. The molecule has 0 spiro atoms. The second-order valence-electron chi connectivity index (χ2n) is 11.7. The fourth-order valence-electron chi connectivity index (χ4n) is 5.66. The molecular weight excluding hydrogens is 664 g/mol. The van der Waals surface area contributed by atoms with E-state index in [0.29, 0.717) is 83.4 Å². The fourth-order valence-corrected chi connectivity index (χ4v) is 5.84. The lowest BCUT2D eigenvalue weighted by molar-refractivity contribution is -0.139. The van der Waals surface area contributed by atoms with Crippen molar-refractivity contribution < 1.29 is 23.9 Å². The summed E-state index contributed by atoms with van der Waals surface area (Å²) in [6.45, 7) is 0.780. The Morgan fingerprint density at radius 2 is 2.00 bits per heavy atom. The van der Waals surface area contributed by atoms with Gasteiger partial charge in [0.05, 0.1) is 37.6 Å². The first-order valence-corrected chi connectivity index (χ1v) is 16.3. The normalized spacial score (nSPS) is 15.9. The number of H-pyrrole nitrogens is 1. The highest BCUT2D eigenvalue weighted by atomic mass is 35.5. The summed E-state index contributed by atoms with van der Waals surface area (Å²) in [5.74, 6) is -0.538. The van der Waals surface area contributed by atoms with Crippen LogP contribution in [0, 0.1) is 11.3 Å². The van der Waals surface area contributed by atoms with Gasteiger partial charge in [0.1, 0.15) is 24.3 Å². The third kappa shape index (κ3) is 8.70. The predicted octanol–water partition coefficient (Wildman–Crippen LogP) is 3.62. The van der Waals surface area contributed by atoms with E-state index < -0.39 is 24.0 Å². The van der Waals surface area contributed by atoms with E-state index in [0.717, 1.165) is 0 Å². The first-order valence-electron chi connectivity index (χ1n) is 15.9. The number of amides is 2. The van der Waals surface area contributed by atoms with Crippen LogP contribution in [0.2, 0.25) is 5.02 Å². The van der Waals surface area contributed by atoms with E-state index in [1.165, 1.54) is 24.2 Å². The number of aromatic nitrogens is 6. The van der Waals surface area contributed by atoms with Gasteiger partial charge in [0.2, 0.25) is 11.8 Å². The molecule has 2 amide bonds. The number of imidazole rings is 1. The van der Waals surface area contributed by atoms with Gasteiger partial charge in [-0.05, 0) is 59.2 Å². The zero-order valence-electron chi connectivity index (χ0n) is 27.9. The summed E-state index contributed by atoms with van der Waals surface area (Å²) in [6.07, 6.45) is 6.70. The van der Waals surface area contributed by atoms with Crippen molar-refractivity contribution in [3.05, 3.63) is 76.5 Å². The number of rotatable bonds is 10. The number of esters is 1. The summed E-state index contributed by atoms with van der Waals surface area (Å²) < 4.78 is 11.5. The van der Waals surface area contributed by atoms with Crippen LogP contribution in [0.3, 0.4) is 0 Å². The molecule has 5 rings (SSSR count). The summed E-state index contributed by atoms with van der Waals surface area (Å²) in [5.41, 5.74) is 3.55. The van der Waals surface area contributed by atoms with Crippen molar-refractivity contribution in [2.45, 2.75) is 44.2 Å². The number of hydrogen-bond acceptors (Lipinski definition) is 11. The SMILES string of the molecule is COCCN(C)C(=O)[C@H]1CCCC[C@H](NC(=O)/C=C/c2cc(Cl)ccc2-n2cnnn2)c2nc(C#N)c([nH]2)-c2ccc(CC(=O)OC)cc2N1. The van der Waals surface area contributed by atoms with Gasteiger partial charge in [-0.25, -0.2) is 4.98 Å². The molecule has 0 saturated heterocycles. The number of ether oxygens (including phenoxy) is 2. The van der Waals surface area contributed by atoms with Crippen molar-refractivity contribution >= 4 is 41.1 Å². The average Bonchev–Trinajstić information content (AvgIpc) is 3.81. The van der Waals surface area contributed by atoms with E-state index in [9.17, 15) is 19.6 Å². The van der Waals surface area contributed by atoms with Crippen LogP contribution in [-0.2, 0) is 30.3 Å². The van der Waals surface area contributed by atoms with Gasteiger partial charge in [0, 0.05) is 48.6 Å². The van der Waals surface area contributed by atoms with Gasteiger partial charge in [-0.15, -0.1) is 5.10 Å². The van der Waals surface area contributed by atoms with Gasteiger partial charge in [-0.1, -0.05) is 36.6 Å². The molecule has 0 unspecified atom stereocenters. The van der Waals surface area contributed by atoms with Crippen molar-refractivity contribution in [2.75, 3.05) is 39.7 Å². The van der Waals surface area contributed by atoms with E-state index in [4.69, 9.17) is 21.1 Å². The maximum absolute atomic E-state index is 13.7. The summed E-state index contributed by atoms with van der Waals surface area (Å²) >= 11 is 6.24. The Morgan fingerprint density at radius 1 is 1.18 bits per heavy atom. The average molecular weight is 701 g/mol. The van der Waals surface area contributed by atoms with Gasteiger partial charge < -0.3 is 30.0 Å². The second-order valence-corrected chi connectivity index (χ2v) is 12.1. The summed E-state index contributed by atoms with van der Waals surface area (Å²) in [5, 5.41) is 28.3. The highest BCUT2D eigenvalue weighted by Crippen LogP contribution is 2.34. The van der Waals surface area contributed by atoms with Gasteiger partial charge >= 0.3 is 5.97 Å². The molecule has 2 aromatic heterocycles. The third-order valence-corrected chi connectivity index (χ3v) is 8.51. The molecule has 2 bridgehead atoms. The molecule has 0 radical (unpaired) electrons. The first kappa shape index (κ1) is 35.7. The summed E-state index contributed by atoms with van der Waals surface area (Å²) in [4.78, 5) is 48.7. The van der Waals surface area contributed by atoms with Crippen LogP contribution in [0.1, 0.15) is 54.4 Å². The van der Waals surface area contributed by atoms with Crippen LogP contribution in [0.4, 0.5) is 5.69 Å². The number of carbonyl (C=O) groups excluding carboxylic acids is 3. The van der Waals surface area contributed by atoms with E-state index >= 15 is 0 Å². The van der Waals surface area contributed by atoms with E-state index in [2.05, 4.69) is 42.2 Å². The number of nitriles is 1. The van der Waals surface area contributed by atoms with Gasteiger partial charge in [0.15, 0.2) is 5.69 Å². The Labute approximate surface area is 293 Å². The maximum atomic E-state index is 13.7. The van der Waals surface area contributed by atoms with E-state index in [1.807, 2.05) is 0 Å². The molecule has 1 aliphatic rings. The lowest BCUT2D eigenvalue weighted by Gasteiger charge is -2.27. The predicted molar refractivity (Wildman–Crippen MR) is 184 cm³/mol. The zero-order valence-corrected chi connectivity index (χ0v) is 28.6. The molecule has 50 heavy (non-hydrogen) atoms. The van der Waals surface area contributed by atoms with Crippen LogP contribution in [0.5, 0.6) is 0 Å². The second kappa shape index (κ2) is 16.7. The van der Waals surface area contributed by atoms with Gasteiger partial charge in [0.25, 0.3) is 0 Å². The Kier molecular flexibility index (Phi) is 11.9. The molecule has 260 valence electrons. The number of halogens is 1. The van der Waals surface area contributed by atoms with Crippen LogP contribution >= 0.6 is 11.6 Å². The van der Waals surface area contributed by atoms with Crippen molar-refractivity contribution in [3.63, 3.8) is 0 Å². The number of hydrogen-bond donors (Lipinski definition) is 3. The molecular formula is C34H37ClN10O5. The molecule has 2 aromatic carbocycles. The molecule has 16 heteroatoms. The van der Waals surface area contributed by atoms with E-state index in [-0.39, 0.29) is 18.0 Å². The lowest BCUT2D eigenvalue weighted by atomic mass is 9.99. The van der Waals surface area contributed by atoms with Crippen LogP contribution in [0.15, 0.2) is 48.8 Å².